The van der Waals surface area contributed by atoms with E-state index in [2.05, 4.69) is 32.3 Å². The number of para-hydroxylation sites is 4. The first-order valence-corrected chi connectivity index (χ1v) is 15.6. The molecule has 9 rings (SSSR count). The van der Waals surface area contributed by atoms with Crippen LogP contribution in [0.25, 0.3) is 38.5 Å². The molecule has 0 saturated carbocycles. The van der Waals surface area contributed by atoms with Crippen LogP contribution in [0.4, 0.5) is 5.69 Å². The first-order chi connectivity index (χ1) is 23.0. The Bertz CT molecular complexity index is 2570. The summed E-state index contributed by atoms with van der Waals surface area (Å²) < 4.78 is 8.83. The van der Waals surface area contributed by atoms with Gasteiger partial charge in [0.2, 0.25) is 11.8 Å². The highest BCUT2D eigenvalue weighted by Crippen LogP contribution is 2.58. The molecule has 224 valence electrons. The molecule has 2 aliphatic rings. The number of fused-ring (bicyclic) bond motifs is 10. The van der Waals surface area contributed by atoms with Crippen molar-refractivity contribution in [2.24, 2.45) is 5.73 Å². The first kappa shape index (κ1) is 27.2. The zero-order chi connectivity index (χ0) is 31.9. The molecule has 1 spiro atoms. The number of nitriles is 1. The second kappa shape index (κ2) is 9.94. The molecule has 0 fully saturated rings. The van der Waals surface area contributed by atoms with Crippen LogP contribution in [0.5, 0.6) is 5.75 Å². The van der Waals surface area contributed by atoms with Gasteiger partial charge in [0.15, 0.2) is 0 Å². The minimum Gasteiger partial charge on any atom is -0.439 e. The molecule has 47 heavy (non-hydrogen) atoms. The molecule has 5 aromatic carbocycles. The number of hydrogen-bond acceptors (Lipinski definition) is 8. The van der Waals surface area contributed by atoms with Crippen LogP contribution >= 0.6 is 15.9 Å². The molecule has 4 heterocycles. The zero-order valence-corrected chi connectivity index (χ0v) is 26.0. The number of benzene rings is 5. The smallest absolute Gasteiger partial charge is 0.248 e. The molecule has 2 aromatic heterocycles. The van der Waals surface area contributed by atoms with Crippen molar-refractivity contribution in [3.8, 4) is 17.5 Å². The molecule has 2 N–H and O–H groups in total. The predicted molar refractivity (Wildman–Crippen MR) is 179 cm³/mol. The normalized spacial score (nSPS) is 16.9. The molecular formula is C36H21BrN8O2. The summed E-state index contributed by atoms with van der Waals surface area (Å²) in [5.74, 6) is -0.128. The molecule has 0 bridgehead atoms. The summed E-state index contributed by atoms with van der Waals surface area (Å²) in [6.07, 6.45) is 1.63. The molecule has 0 saturated heterocycles. The summed E-state index contributed by atoms with van der Waals surface area (Å²) in [6, 6.07) is 32.6. The van der Waals surface area contributed by atoms with Gasteiger partial charge >= 0.3 is 0 Å². The van der Waals surface area contributed by atoms with Crippen LogP contribution < -0.4 is 15.4 Å². The van der Waals surface area contributed by atoms with E-state index in [9.17, 15) is 5.26 Å². The van der Waals surface area contributed by atoms with Gasteiger partial charge < -0.3 is 15.4 Å². The summed E-state index contributed by atoms with van der Waals surface area (Å²) in [5, 5.41) is 20.8. The average Bonchev–Trinajstić information content (AvgIpc) is 3.65. The van der Waals surface area contributed by atoms with E-state index >= 15 is 4.79 Å². The Balaban J connectivity index is 1.36. The number of aromatic nitrogens is 5. The molecule has 1 atom stereocenters. The lowest BCUT2D eigenvalue weighted by Crippen LogP contribution is -2.46. The first-order valence-electron chi connectivity index (χ1n) is 14.8. The summed E-state index contributed by atoms with van der Waals surface area (Å²) in [5.41, 5.74) is 10.4. The topological polar surface area (TPSA) is 136 Å². The van der Waals surface area contributed by atoms with Crippen LogP contribution in [0.15, 0.2) is 119 Å². The standard InChI is InChI=1S/C36H21BrN8O2/c37-25-12-4-8-16-29(25)45-20(18-40-43-45)19-44-28-15-7-3-11-23(28)36(35(44)46)24(17-38)34(39)47-33-22-10-2-1-9-21(22)31-32(30(33)36)42-27-14-6-5-13-26(27)41-31/h1-16,18H,19,39H2. The SMILES string of the molecule is N#CC1=C(N)Oc2c(c3nc4ccccc4nc3c3ccccc23)C12C(=O)N(Cc1cnnn1-c1ccccc1Br)c1ccccc12. The number of nitrogens with zero attached hydrogens (tertiary/aromatic N) is 7. The van der Waals surface area contributed by atoms with E-state index in [4.69, 9.17) is 20.4 Å². The van der Waals surface area contributed by atoms with Gasteiger partial charge in [0.1, 0.15) is 22.8 Å². The molecule has 11 heteroatoms. The molecule has 1 unspecified atom stereocenters. The third-order valence-corrected chi connectivity index (χ3v) is 9.64. The van der Waals surface area contributed by atoms with E-state index in [-0.39, 0.29) is 23.9 Å². The third-order valence-electron chi connectivity index (χ3n) is 8.97. The molecule has 7 aromatic rings. The summed E-state index contributed by atoms with van der Waals surface area (Å²) >= 11 is 3.61. The van der Waals surface area contributed by atoms with Crippen molar-refractivity contribution in [2.75, 3.05) is 4.90 Å². The maximum absolute atomic E-state index is 15.4. The van der Waals surface area contributed by atoms with Gasteiger partial charge in [-0.2, -0.15) is 5.26 Å². The number of nitrogens with two attached hydrogens (primary N) is 1. The lowest BCUT2D eigenvalue weighted by atomic mass is 9.67. The van der Waals surface area contributed by atoms with Crippen LogP contribution in [0.1, 0.15) is 16.8 Å². The largest absolute Gasteiger partial charge is 0.439 e. The van der Waals surface area contributed by atoms with Gasteiger partial charge in [-0.3, -0.25) is 4.79 Å². The van der Waals surface area contributed by atoms with Gasteiger partial charge in [-0.05, 0) is 46.3 Å². The minimum atomic E-state index is -1.67. The third kappa shape index (κ3) is 3.61. The van der Waals surface area contributed by atoms with Gasteiger partial charge in [0.05, 0.1) is 46.2 Å². The Hall–Kier alpha value is -6.12. The number of carbonyl (C=O) groups is 1. The zero-order valence-electron chi connectivity index (χ0n) is 24.4. The van der Waals surface area contributed by atoms with Crippen molar-refractivity contribution in [2.45, 2.75) is 12.0 Å². The van der Waals surface area contributed by atoms with Crippen LogP contribution in [-0.4, -0.2) is 30.9 Å². The summed E-state index contributed by atoms with van der Waals surface area (Å²) in [6.45, 7) is 0.112. The number of hydrogen-bond donors (Lipinski definition) is 1. The Morgan fingerprint density at radius 3 is 2.28 bits per heavy atom. The highest BCUT2D eigenvalue weighted by atomic mass is 79.9. The fraction of sp³-hybridized carbons (Fsp3) is 0.0556. The predicted octanol–water partition coefficient (Wildman–Crippen LogP) is 6.20. The van der Waals surface area contributed by atoms with Gasteiger partial charge in [-0.15, -0.1) is 5.10 Å². The average molecular weight is 678 g/mol. The fourth-order valence-electron chi connectivity index (χ4n) is 7.00. The number of carbonyl (C=O) groups excluding carboxylic acids is 1. The molecule has 0 radical (unpaired) electrons. The van der Waals surface area contributed by atoms with Gasteiger partial charge in [0.25, 0.3) is 0 Å². The Morgan fingerprint density at radius 1 is 0.851 bits per heavy atom. The fourth-order valence-corrected chi connectivity index (χ4v) is 7.45. The van der Waals surface area contributed by atoms with Crippen LogP contribution in [0, 0.1) is 11.3 Å². The minimum absolute atomic E-state index is 0.00562. The van der Waals surface area contributed by atoms with E-state index in [1.807, 2.05) is 97.1 Å². The number of anilines is 1. The van der Waals surface area contributed by atoms with Crippen LogP contribution in [0.2, 0.25) is 0 Å². The van der Waals surface area contributed by atoms with Crippen molar-refractivity contribution < 1.29 is 9.53 Å². The summed E-state index contributed by atoms with van der Waals surface area (Å²) in [7, 11) is 0. The molecule has 0 aliphatic carbocycles. The highest BCUT2D eigenvalue weighted by Gasteiger charge is 2.60. The van der Waals surface area contributed by atoms with E-state index in [1.54, 1.807) is 15.8 Å². The molecule has 1 amide bonds. The van der Waals surface area contributed by atoms with Gasteiger partial charge in [-0.25, -0.2) is 14.6 Å². The van der Waals surface area contributed by atoms with Crippen molar-refractivity contribution in [3.05, 3.63) is 136 Å². The van der Waals surface area contributed by atoms with Crippen molar-refractivity contribution in [1.82, 2.24) is 25.0 Å². The van der Waals surface area contributed by atoms with Gasteiger partial charge in [0, 0.05) is 32.1 Å². The van der Waals surface area contributed by atoms with E-state index in [0.717, 1.165) is 15.5 Å². The number of amides is 1. The number of halogens is 1. The van der Waals surface area contributed by atoms with Crippen molar-refractivity contribution in [3.63, 3.8) is 0 Å². The quantitative estimate of drug-likeness (QED) is 0.173. The van der Waals surface area contributed by atoms with Crippen LogP contribution in [-0.2, 0) is 16.8 Å². The Morgan fingerprint density at radius 2 is 1.51 bits per heavy atom. The van der Waals surface area contributed by atoms with E-state index < -0.39 is 5.41 Å². The Kier molecular flexibility index (Phi) is 5.75. The number of rotatable bonds is 3. The van der Waals surface area contributed by atoms with E-state index in [1.165, 1.54) is 0 Å². The molecule has 10 nitrogen and oxygen atoms in total. The Labute approximate surface area is 275 Å². The maximum atomic E-state index is 15.4. The van der Waals surface area contributed by atoms with E-state index in [0.29, 0.717) is 55.7 Å². The molecule has 2 aliphatic heterocycles. The second-order valence-corrected chi connectivity index (χ2v) is 12.2. The van der Waals surface area contributed by atoms with Crippen molar-refractivity contribution >= 4 is 60.4 Å². The lowest BCUT2D eigenvalue weighted by molar-refractivity contribution is -0.121. The van der Waals surface area contributed by atoms with Crippen LogP contribution in [0.3, 0.4) is 0 Å². The molecular weight excluding hydrogens is 656 g/mol. The lowest BCUT2D eigenvalue weighted by Gasteiger charge is -2.35. The monoisotopic (exact) mass is 676 g/mol. The van der Waals surface area contributed by atoms with Crippen molar-refractivity contribution in [1.29, 1.82) is 5.26 Å². The number of ether oxygens (including phenoxy) is 1. The second-order valence-electron chi connectivity index (χ2n) is 11.4. The maximum Gasteiger partial charge on any atom is 0.248 e. The highest BCUT2D eigenvalue weighted by molar-refractivity contribution is 9.10. The summed E-state index contributed by atoms with van der Waals surface area (Å²) in [4.78, 5) is 27.3. The van der Waals surface area contributed by atoms with Gasteiger partial charge in [-0.1, -0.05) is 71.9 Å².